The van der Waals surface area contributed by atoms with Crippen molar-refractivity contribution in [1.29, 1.82) is 0 Å². The molecule has 1 heterocycles. The van der Waals surface area contributed by atoms with Gasteiger partial charge in [-0.25, -0.2) is 0 Å². The first-order chi connectivity index (χ1) is 11.8. The van der Waals surface area contributed by atoms with Gasteiger partial charge >= 0.3 is 12.4 Å². The van der Waals surface area contributed by atoms with Crippen molar-refractivity contribution in [3.8, 4) is 0 Å². The van der Waals surface area contributed by atoms with Crippen LogP contribution in [-0.4, -0.2) is 16.3 Å². The van der Waals surface area contributed by atoms with E-state index in [2.05, 4.69) is 4.98 Å². The average molecular weight is 418 g/mol. The molecule has 2 rings (SSSR count). The predicted octanol–water partition coefficient (Wildman–Crippen LogP) is 5.96. The van der Waals surface area contributed by atoms with Gasteiger partial charge in [-0.2, -0.15) is 26.3 Å². The molecule has 0 radical (unpaired) electrons. The van der Waals surface area contributed by atoms with E-state index in [1.807, 2.05) is 0 Å². The van der Waals surface area contributed by atoms with Crippen LogP contribution in [0.15, 0.2) is 36.5 Å². The summed E-state index contributed by atoms with van der Waals surface area (Å²) in [5.74, 6) is -1.65. The second kappa shape index (κ2) is 6.90. The molecular weight excluding hydrogens is 407 g/mol. The Morgan fingerprint density at radius 1 is 1.00 bits per heavy atom. The topological polar surface area (TPSA) is 33.1 Å². The Morgan fingerprint density at radius 3 is 2.04 bits per heavy atom. The summed E-state index contributed by atoms with van der Waals surface area (Å²) in [6.07, 6.45) is -9.67. The SMILES string of the molecule is CC(c1ccc(Cl)cc1Cl)C(O)(c1ccc(C(F)(F)F)nc1)C(F)(F)F. The van der Waals surface area contributed by atoms with Gasteiger partial charge in [-0.15, -0.1) is 0 Å². The molecule has 0 amide bonds. The first kappa shape index (κ1) is 20.8. The second-order valence-electron chi connectivity index (χ2n) is 5.58. The summed E-state index contributed by atoms with van der Waals surface area (Å²) >= 11 is 11.6. The molecule has 0 spiro atoms. The van der Waals surface area contributed by atoms with Gasteiger partial charge in [-0.1, -0.05) is 42.3 Å². The highest BCUT2D eigenvalue weighted by Crippen LogP contribution is 2.50. The quantitative estimate of drug-likeness (QED) is 0.624. The zero-order valence-electron chi connectivity index (χ0n) is 13.0. The summed E-state index contributed by atoms with van der Waals surface area (Å²) in [6, 6.07) is 4.63. The Balaban J connectivity index is 2.58. The average Bonchev–Trinajstić information content (AvgIpc) is 2.51. The van der Waals surface area contributed by atoms with Crippen molar-refractivity contribution in [2.75, 3.05) is 0 Å². The minimum Gasteiger partial charge on any atom is -0.376 e. The third-order valence-electron chi connectivity index (χ3n) is 3.98. The summed E-state index contributed by atoms with van der Waals surface area (Å²) in [6.45, 7) is 1.06. The first-order valence-corrected chi connectivity index (χ1v) is 7.82. The normalized spacial score (nSPS) is 16.2. The highest BCUT2D eigenvalue weighted by atomic mass is 35.5. The monoisotopic (exact) mass is 417 g/mol. The lowest BCUT2D eigenvalue weighted by molar-refractivity contribution is -0.274. The Labute approximate surface area is 154 Å². The van der Waals surface area contributed by atoms with Gasteiger partial charge in [0.25, 0.3) is 0 Å². The molecule has 2 nitrogen and oxygen atoms in total. The number of alkyl halides is 6. The van der Waals surface area contributed by atoms with Crippen molar-refractivity contribution in [3.05, 3.63) is 63.4 Å². The van der Waals surface area contributed by atoms with E-state index in [1.165, 1.54) is 18.2 Å². The molecule has 0 saturated heterocycles. The maximum atomic E-state index is 13.7. The number of pyridine rings is 1. The number of aliphatic hydroxyl groups is 1. The number of hydrogen-bond donors (Lipinski definition) is 1. The molecule has 26 heavy (non-hydrogen) atoms. The van der Waals surface area contributed by atoms with Crippen LogP contribution < -0.4 is 0 Å². The Bertz CT molecular complexity index is 791. The van der Waals surface area contributed by atoms with Crippen LogP contribution in [0, 0.1) is 0 Å². The van der Waals surface area contributed by atoms with Crippen molar-refractivity contribution in [2.24, 2.45) is 0 Å². The number of hydrogen-bond acceptors (Lipinski definition) is 2. The number of rotatable bonds is 3. The standard InChI is InChI=1S/C16H11Cl2F6NO/c1-8(11-4-3-10(17)6-12(11)18)14(26,16(22,23)24)9-2-5-13(25-7-9)15(19,20)21/h2-8,26H,1H3. The van der Waals surface area contributed by atoms with Crippen LogP contribution in [0.25, 0.3) is 0 Å². The molecule has 0 bridgehead atoms. The van der Waals surface area contributed by atoms with E-state index in [0.29, 0.717) is 18.3 Å². The lowest BCUT2D eigenvalue weighted by Crippen LogP contribution is -2.46. The summed E-state index contributed by atoms with van der Waals surface area (Å²) in [7, 11) is 0. The van der Waals surface area contributed by atoms with E-state index in [4.69, 9.17) is 23.2 Å². The molecule has 2 aromatic rings. The van der Waals surface area contributed by atoms with E-state index >= 15 is 0 Å². The zero-order valence-corrected chi connectivity index (χ0v) is 14.5. The largest absolute Gasteiger partial charge is 0.433 e. The fourth-order valence-corrected chi connectivity index (χ4v) is 3.10. The van der Waals surface area contributed by atoms with E-state index in [9.17, 15) is 31.4 Å². The van der Waals surface area contributed by atoms with Crippen LogP contribution >= 0.6 is 23.2 Å². The highest BCUT2D eigenvalue weighted by molar-refractivity contribution is 6.35. The van der Waals surface area contributed by atoms with Crippen molar-refractivity contribution in [2.45, 2.75) is 30.8 Å². The van der Waals surface area contributed by atoms with Gasteiger partial charge in [-0.3, -0.25) is 4.98 Å². The van der Waals surface area contributed by atoms with Gasteiger partial charge in [0.15, 0.2) is 5.60 Å². The first-order valence-electron chi connectivity index (χ1n) is 7.06. The number of aromatic nitrogens is 1. The maximum Gasteiger partial charge on any atom is 0.433 e. The van der Waals surface area contributed by atoms with Crippen LogP contribution in [0.5, 0.6) is 0 Å². The molecular formula is C16H11Cl2F6NO. The Hall–Kier alpha value is -1.51. The van der Waals surface area contributed by atoms with Gasteiger partial charge in [-0.05, 0) is 23.8 Å². The van der Waals surface area contributed by atoms with Crippen molar-refractivity contribution < 1.29 is 31.4 Å². The predicted molar refractivity (Wildman–Crippen MR) is 84.1 cm³/mol. The van der Waals surface area contributed by atoms with Crippen LogP contribution in [0.4, 0.5) is 26.3 Å². The lowest BCUT2D eigenvalue weighted by Gasteiger charge is -2.36. The molecule has 0 saturated carbocycles. The molecule has 0 fully saturated rings. The minimum atomic E-state index is -5.21. The van der Waals surface area contributed by atoms with Crippen molar-refractivity contribution in [3.63, 3.8) is 0 Å². The van der Waals surface area contributed by atoms with E-state index in [-0.39, 0.29) is 15.6 Å². The highest BCUT2D eigenvalue weighted by Gasteiger charge is 2.59. The van der Waals surface area contributed by atoms with E-state index < -0.39 is 35.1 Å². The van der Waals surface area contributed by atoms with Gasteiger partial charge in [0.1, 0.15) is 5.69 Å². The van der Waals surface area contributed by atoms with Crippen LogP contribution in [-0.2, 0) is 11.8 Å². The van der Waals surface area contributed by atoms with Gasteiger partial charge in [0, 0.05) is 27.7 Å². The number of nitrogens with zero attached hydrogens (tertiary/aromatic N) is 1. The summed E-state index contributed by atoms with van der Waals surface area (Å²) < 4.78 is 78.9. The molecule has 2 atom stereocenters. The van der Waals surface area contributed by atoms with Gasteiger partial charge in [0.05, 0.1) is 0 Å². The molecule has 1 aromatic carbocycles. The minimum absolute atomic E-state index is 0.0733. The van der Waals surface area contributed by atoms with E-state index in [1.54, 1.807) is 0 Å². The molecule has 0 aliphatic rings. The van der Waals surface area contributed by atoms with Crippen molar-refractivity contribution >= 4 is 23.2 Å². The fraction of sp³-hybridized carbons (Fsp3) is 0.312. The lowest BCUT2D eigenvalue weighted by atomic mass is 9.78. The maximum absolute atomic E-state index is 13.7. The van der Waals surface area contributed by atoms with Gasteiger partial charge < -0.3 is 5.11 Å². The molecule has 10 heteroatoms. The van der Waals surface area contributed by atoms with Crippen LogP contribution in [0.3, 0.4) is 0 Å². The fourth-order valence-electron chi connectivity index (χ4n) is 2.52. The Kier molecular flexibility index (Phi) is 5.52. The smallest absolute Gasteiger partial charge is 0.376 e. The second-order valence-corrected chi connectivity index (χ2v) is 6.43. The van der Waals surface area contributed by atoms with Gasteiger partial charge in [0.2, 0.25) is 0 Å². The molecule has 0 aliphatic heterocycles. The third kappa shape index (κ3) is 3.77. The molecule has 1 aromatic heterocycles. The zero-order chi connectivity index (χ0) is 19.9. The molecule has 0 aliphatic carbocycles. The van der Waals surface area contributed by atoms with Crippen LogP contribution in [0.1, 0.15) is 29.7 Å². The van der Waals surface area contributed by atoms with Crippen molar-refractivity contribution in [1.82, 2.24) is 4.98 Å². The number of halogens is 8. The summed E-state index contributed by atoms with van der Waals surface area (Å²) in [4.78, 5) is 3.00. The molecule has 2 unspecified atom stereocenters. The van der Waals surface area contributed by atoms with Crippen LogP contribution in [0.2, 0.25) is 10.0 Å². The number of benzene rings is 1. The summed E-state index contributed by atoms with van der Waals surface area (Å²) in [5.41, 5.74) is -5.79. The third-order valence-corrected chi connectivity index (χ3v) is 4.54. The molecule has 1 N–H and O–H groups in total. The Morgan fingerprint density at radius 2 is 1.62 bits per heavy atom. The van der Waals surface area contributed by atoms with E-state index in [0.717, 1.165) is 6.92 Å². The molecule has 142 valence electrons. The summed E-state index contributed by atoms with van der Waals surface area (Å²) in [5, 5.41) is 10.6.